The number of nitrogens with one attached hydrogen (secondary N) is 1. The van der Waals surface area contributed by atoms with Gasteiger partial charge < -0.3 is 15.1 Å². The van der Waals surface area contributed by atoms with E-state index in [4.69, 9.17) is 0 Å². The number of hydrogen-bond donors (Lipinski definition) is 1. The Kier molecular flexibility index (Phi) is 6.08. The Morgan fingerprint density at radius 1 is 1.22 bits per heavy atom. The lowest BCUT2D eigenvalue weighted by Gasteiger charge is -2.32. The summed E-state index contributed by atoms with van der Waals surface area (Å²) < 4.78 is 0. The van der Waals surface area contributed by atoms with Crippen LogP contribution in [0, 0.1) is 0 Å². The number of thiophene rings is 1. The van der Waals surface area contributed by atoms with Crippen LogP contribution in [-0.2, 0) is 9.59 Å². The quantitative estimate of drug-likeness (QED) is 0.831. The first kappa shape index (κ1) is 19.3. The highest BCUT2D eigenvalue weighted by Gasteiger charge is 2.28. The number of benzene rings is 1. The molecule has 0 bridgehead atoms. The van der Waals surface area contributed by atoms with Gasteiger partial charge >= 0.3 is 0 Å². The van der Waals surface area contributed by atoms with Crippen LogP contribution in [0.15, 0.2) is 48.0 Å². The molecule has 2 atom stereocenters. The van der Waals surface area contributed by atoms with Crippen molar-refractivity contribution < 1.29 is 9.59 Å². The molecule has 0 saturated carbocycles. The molecule has 6 heteroatoms. The second kappa shape index (κ2) is 8.50. The molecule has 0 radical (unpaired) electrons. The number of fused-ring (bicyclic) bond motifs is 1. The van der Waals surface area contributed by atoms with Crippen LogP contribution >= 0.6 is 11.3 Å². The standard InChI is InChI=1S/C21H25N3O2S/c1-15(25)24-11-10-16-7-4-5-8-17(16)18(24)13-21(26)22-14-19(23(2)3)20-9-6-12-27-20/h4-12,18-19H,13-14H2,1-3H3,(H,22,26). The van der Waals surface area contributed by atoms with Gasteiger partial charge in [-0.25, -0.2) is 0 Å². The van der Waals surface area contributed by atoms with Crippen LogP contribution in [0.4, 0.5) is 0 Å². The third-order valence-corrected chi connectivity index (χ3v) is 5.81. The maximum Gasteiger partial charge on any atom is 0.223 e. The molecule has 1 aromatic carbocycles. The number of carbonyl (C=O) groups excluding carboxylic acids is 2. The molecule has 2 heterocycles. The fraction of sp³-hybridized carbons (Fsp3) is 0.333. The van der Waals surface area contributed by atoms with E-state index in [0.29, 0.717) is 6.54 Å². The van der Waals surface area contributed by atoms with Crippen LogP contribution in [0.5, 0.6) is 0 Å². The molecule has 27 heavy (non-hydrogen) atoms. The van der Waals surface area contributed by atoms with Gasteiger partial charge in [0.25, 0.3) is 0 Å². The van der Waals surface area contributed by atoms with Gasteiger partial charge in [-0.15, -0.1) is 11.3 Å². The molecule has 2 aromatic rings. The molecule has 2 amide bonds. The Balaban J connectivity index is 1.70. The summed E-state index contributed by atoms with van der Waals surface area (Å²) in [6.07, 6.45) is 3.94. The Morgan fingerprint density at radius 2 is 2.00 bits per heavy atom. The van der Waals surface area contributed by atoms with E-state index in [2.05, 4.69) is 16.3 Å². The second-order valence-corrected chi connectivity index (χ2v) is 7.87. The van der Waals surface area contributed by atoms with E-state index >= 15 is 0 Å². The van der Waals surface area contributed by atoms with Crippen molar-refractivity contribution in [1.29, 1.82) is 0 Å². The molecule has 2 unspecified atom stereocenters. The molecule has 3 rings (SSSR count). The SMILES string of the molecule is CC(=O)N1C=Cc2ccccc2C1CC(=O)NCC(c1cccs1)N(C)C. The number of nitrogens with zero attached hydrogens (tertiary/aromatic N) is 2. The molecule has 1 aliphatic rings. The predicted molar refractivity (Wildman–Crippen MR) is 109 cm³/mol. The number of rotatable bonds is 6. The van der Waals surface area contributed by atoms with Crippen molar-refractivity contribution in [3.8, 4) is 0 Å². The van der Waals surface area contributed by atoms with Crippen molar-refractivity contribution in [2.75, 3.05) is 20.6 Å². The first-order valence-corrected chi connectivity index (χ1v) is 9.88. The largest absolute Gasteiger partial charge is 0.354 e. The van der Waals surface area contributed by atoms with Gasteiger partial charge in [-0.1, -0.05) is 30.3 Å². The highest BCUT2D eigenvalue weighted by atomic mass is 32.1. The van der Waals surface area contributed by atoms with E-state index in [9.17, 15) is 9.59 Å². The summed E-state index contributed by atoms with van der Waals surface area (Å²) in [4.78, 5) is 29.7. The third-order valence-electron chi connectivity index (χ3n) is 4.84. The predicted octanol–water partition coefficient (Wildman–Crippen LogP) is 3.43. The van der Waals surface area contributed by atoms with E-state index < -0.39 is 0 Å². The molecular formula is C21H25N3O2S. The minimum Gasteiger partial charge on any atom is -0.354 e. The van der Waals surface area contributed by atoms with Gasteiger partial charge in [0.1, 0.15) is 0 Å². The van der Waals surface area contributed by atoms with Crippen molar-refractivity contribution in [3.63, 3.8) is 0 Å². The van der Waals surface area contributed by atoms with E-state index in [1.165, 1.54) is 11.8 Å². The monoisotopic (exact) mass is 383 g/mol. The van der Waals surface area contributed by atoms with Crippen molar-refractivity contribution in [1.82, 2.24) is 15.1 Å². The van der Waals surface area contributed by atoms with Crippen molar-refractivity contribution in [3.05, 3.63) is 64.0 Å². The maximum absolute atomic E-state index is 12.7. The zero-order valence-corrected chi connectivity index (χ0v) is 16.7. The summed E-state index contributed by atoms with van der Waals surface area (Å²) in [5.41, 5.74) is 2.06. The highest BCUT2D eigenvalue weighted by molar-refractivity contribution is 7.10. The van der Waals surface area contributed by atoms with Gasteiger partial charge in [0.15, 0.2) is 0 Å². The fourth-order valence-electron chi connectivity index (χ4n) is 3.39. The summed E-state index contributed by atoms with van der Waals surface area (Å²) in [7, 11) is 4.02. The molecule has 142 valence electrons. The Morgan fingerprint density at radius 3 is 2.67 bits per heavy atom. The topological polar surface area (TPSA) is 52.7 Å². The smallest absolute Gasteiger partial charge is 0.223 e. The summed E-state index contributed by atoms with van der Waals surface area (Å²) in [5, 5.41) is 5.10. The number of likely N-dealkylation sites (N-methyl/N-ethyl adjacent to an activating group) is 1. The Labute approximate surface area is 164 Å². The summed E-state index contributed by atoms with van der Waals surface area (Å²) >= 11 is 1.69. The van der Waals surface area contributed by atoms with Gasteiger partial charge in [0.05, 0.1) is 18.5 Å². The van der Waals surface area contributed by atoms with Crippen LogP contribution in [0.3, 0.4) is 0 Å². The molecule has 1 aliphatic heterocycles. The molecule has 0 aliphatic carbocycles. The molecule has 1 N–H and O–H groups in total. The van der Waals surface area contributed by atoms with Crippen molar-refractivity contribution in [2.24, 2.45) is 0 Å². The van der Waals surface area contributed by atoms with Crippen LogP contribution in [-0.4, -0.2) is 42.3 Å². The lowest BCUT2D eigenvalue weighted by molar-refractivity contribution is -0.130. The van der Waals surface area contributed by atoms with Crippen LogP contribution in [0.2, 0.25) is 0 Å². The maximum atomic E-state index is 12.7. The Hall–Kier alpha value is -2.44. The van der Waals surface area contributed by atoms with Gasteiger partial charge in [-0.3, -0.25) is 9.59 Å². The van der Waals surface area contributed by atoms with Gasteiger partial charge in [-0.05, 0) is 42.7 Å². The van der Waals surface area contributed by atoms with Gasteiger partial charge in [-0.2, -0.15) is 0 Å². The van der Waals surface area contributed by atoms with Gasteiger partial charge in [0.2, 0.25) is 11.8 Å². The summed E-state index contributed by atoms with van der Waals surface area (Å²) in [6, 6.07) is 11.9. The average molecular weight is 384 g/mol. The summed E-state index contributed by atoms with van der Waals surface area (Å²) in [6.45, 7) is 2.07. The zero-order chi connectivity index (χ0) is 19.4. The lowest BCUT2D eigenvalue weighted by atomic mass is 9.93. The Bertz CT molecular complexity index is 830. The van der Waals surface area contributed by atoms with E-state index in [1.54, 1.807) is 22.4 Å². The molecule has 1 aromatic heterocycles. The molecule has 5 nitrogen and oxygen atoms in total. The van der Waals surface area contributed by atoms with Crippen LogP contribution in [0.25, 0.3) is 6.08 Å². The molecule has 0 fully saturated rings. The molecular weight excluding hydrogens is 358 g/mol. The van der Waals surface area contributed by atoms with E-state index in [1.807, 2.05) is 55.9 Å². The van der Waals surface area contributed by atoms with E-state index in [-0.39, 0.29) is 30.3 Å². The average Bonchev–Trinajstić information content (AvgIpc) is 3.16. The highest BCUT2D eigenvalue weighted by Crippen LogP contribution is 2.32. The van der Waals surface area contributed by atoms with Crippen molar-refractivity contribution >= 4 is 29.2 Å². The normalized spacial score (nSPS) is 16.9. The summed E-state index contributed by atoms with van der Waals surface area (Å²) in [5.74, 6) is -0.122. The minimum atomic E-state index is -0.275. The molecule has 0 saturated heterocycles. The number of hydrogen-bond acceptors (Lipinski definition) is 4. The minimum absolute atomic E-state index is 0.0558. The van der Waals surface area contributed by atoms with E-state index in [0.717, 1.165) is 11.1 Å². The molecule has 0 spiro atoms. The first-order chi connectivity index (χ1) is 13.0. The van der Waals surface area contributed by atoms with Crippen molar-refractivity contribution in [2.45, 2.75) is 25.4 Å². The second-order valence-electron chi connectivity index (χ2n) is 6.89. The lowest BCUT2D eigenvalue weighted by Crippen LogP contribution is -2.38. The van der Waals surface area contributed by atoms with Crippen LogP contribution in [0.1, 0.15) is 41.4 Å². The third kappa shape index (κ3) is 4.46. The van der Waals surface area contributed by atoms with Gasteiger partial charge in [0, 0.05) is 24.5 Å². The fourth-order valence-corrected chi connectivity index (χ4v) is 4.31. The zero-order valence-electron chi connectivity index (χ0n) is 15.9. The first-order valence-electron chi connectivity index (χ1n) is 9.00. The number of carbonyl (C=O) groups is 2. The van der Waals surface area contributed by atoms with Crippen LogP contribution < -0.4 is 5.32 Å². The number of amides is 2.